The molecule has 0 aromatic carbocycles. The number of epoxide rings is 2. The van der Waals surface area contributed by atoms with Crippen molar-refractivity contribution in [3.8, 4) is 0 Å². The average molecular weight is 378 g/mol. The Labute approximate surface area is 157 Å². The number of carbonyl (C=O) groups is 1. The zero-order chi connectivity index (χ0) is 19.0. The fourth-order valence-electron chi connectivity index (χ4n) is 7.42. The summed E-state index contributed by atoms with van der Waals surface area (Å²) in [5.41, 5.74) is -1.74. The van der Waals surface area contributed by atoms with Gasteiger partial charge in [0.2, 0.25) is 0 Å². The summed E-state index contributed by atoms with van der Waals surface area (Å²) in [5.74, 6) is -0.383. The van der Waals surface area contributed by atoms with Crippen LogP contribution in [0.2, 0.25) is 0 Å². The lowest BCUT2D eigenvalue weighted by molar-refractivity contribution is -0.219. The molecule has 0 radical (unpaired) electrons. The standard InChI is InChI=1S/C20H26O7/c1-9(7-21)19-13(26-19)14-20(27-14)17(2)5-3-10-11(8-25-15(10)22)12(17)4-6-18(20,24)16(19)23/h9,12-14,16,21,23-24H,3-8H2,1-2H3/t9?,12?,13-,14-,16-,17-,18+,19-,20+/m0/s1. The predicted molar refractivity (Wildman–Crippen MR) is 90.5 cm³/mol. The van der Waals surface area contributed by atoms with Gasteiger partial charge in [-0.25, -0.2) is 4.79 Å². The molecule has 2 saturated heterocycles. The Morgan fingerprint density at radius 1 is 1.26 bits per heavy atom. The minimum absolute atomic E-state index is 0.103. The first-order valence-corrected chi connectivity index (χ1v) is 10.0. The van der Waals surface area contributed by atoms with Gasteiger partial charge in [0.15, 0.2) is 0 Å². The molecule has 148 valence electrons. The molecular weight excluding hydrogens is 352 g/mol. The average Bonchev–Trinajstić information content (AvgIpc) is 3.53. The summed E-state index contributed by atoms with van der Waals surface area (Å²) >= 11 is 0. The Morgan fingerprint density at radius 2 is 2.04 bits per heavy atom. The van der Waals surface area contributed by atoms with E-state index in [4.69, 9.17) is 14.2 Å². The Hall–Kier alpha value is -0.990. The van der Waals surface area contributed by atoms with Gasteiger partial charge < -0.3 is 29.5 Å². The number of rotatable bonds is 2. The van der Waals surface area contributed by atoms with E-state index >= 15 is 0 Å². The highest BCUT2D eigenvalue weighted by atomic mass is 16.7. The van der Waals surface area contributed by atoms with Crippen molar-refractivity contribution in [2.24, 2.45) is 17.3 Å². The molecule has 3 N–H and O–H groups in total. The maximum atomic E-state index is 12.0. The van der Waals surface area contributed by atoms with Crippen LogP contribution in [0.5, 0.6) is 0 Å². The summed E-state index contributed by atoms with van der Waals surface area (Å²) in [6, 6.07) is 0. The highest BCUT2D eigenvalue weighted by Crippen LogP contribution is 2.77. The van der Waals surface area contributed by atoms with E-state index < -0.39 is 22.9 Å². The fraction of sp³-hybridized carbons (Fsp3) is 0.850. The number of ether oxygens (including phenoxy) is 3. The first-order chi connectivity index (χ1) is 12.8. The van der Waals surface area contributed by atoms with Crippen molar-refractivity contribution >= 4 is 5.97 Å². The SMILES string of the molecule is CC(CO)[C@]12O[C@H]1[C@@H]1O[C@@]13[C@@]1(C)CCC4=C(COC4=O)C1CC[C@@]3(O)[C@@H]2O. The molecule has 0 aromatic rings. The summed E-state index contributed by atoms with van der Waals surface area (Å²) in [4.78, 5) is 12.0. The lowest BCUT2D eigenvalue weighted by atomic mass is 9.45. The van der Waals surface area contributed by atoms with Crippen molar-refractivity contribution in [3.63, 3.8) is 0 Å². The van der Waals surface area contributed by atoms with Crippen LogP contribution < -0.4 is 0 Å². The molecule has 3 aliphatic carbocycles. The van der Waals surface area contributed by atoms with Crippen molar-refractivity contribution in [1.82, 2.24) is 0 Å². The second-order valence-electron chi connectivity index (χ2n) is 9.67. The number of aliphatic hydroxyl groups excluding tert-OH is 2. The topological polar surface area (TPSA) is 112 Å². The minimum atomic E-state index is -1.42. The van der Waals surface area contributed by atoms with Gasteiger partial charge in [0.1, 0.15) is 41.7 Å². The Balaban J connectivity index is 1.45. The zero-order valence-electron chi connectivity index (χ0n) is 15.6. The highest BCUT2D eigenvalue weighted by Gasteiger charge is 2.93. The number of aliphatic hydroxyl groups is 3. The molecule has 7 heteroatoms. The Morgan fingerprint density at radius 3 is 2.78 bits per heavy atom. The smallest absolute Gasteiger partial charge is 0.334 e. The molecule has 2 unspecified atom stereocenters. The van der Waals surface area contributed by atoms with Crippen molar-refractivity contribution < 1.29 is 34.3 Å². The van der Waals surface area contributed by atoms with Crippen molar-refractivity contribution in [3.05, 3.63) is 11.1 Å². The predicted octanol–water partition coefficient (Wildman–Crippen LogP) is 0.0591. The lowest BCUT2D eigenvalue weighted by Gasteiger charge is -2.59. The molecule has 9 atom stereocenters. The second-order valence-corrected chi connectivity index (χ2v) is 9.67. The number of carbonyl (C=O) groups excluding carboxylic acids is 1. The molecule has 6 rings (SSSR count). The van der Waals surface area contributed by atoms with Crippen LogP contribution >= 0.6 is 0 Å². The molecule has 27 heavy (non-hydrogen) atoms. The van der Waals surface area contributed by atoms with Crippen LogP contribution in [0.3, 0.4) is 0 Å². The molecule has 1 spiro atoms. The molecule has 3 heterocycles. The van der Waals surface area contributed by atoms with Gasteiger partial charge in [-0.1, -0.05) is 13.8 Å². The van der Waals surface area contributed by atoms with Gasteiger partial charge in [-0.05, 0) is 37.2 Å². The van der Waals surface area contributed by atoms with Crippen LogP contribution in [0, 0.1) is 17.3 Å². The van der Waals surface area contributed by atoms with Crippen LogP contribution in [0.25, 0.3) is 0 Å². The van der Waals surface area contributed by atoms with Crippen LogP contribution in [-0.2, 0) is 19.0 Å². The monoisotopic (exact) mass is 378 g/mol. The van der Waals surface area contributed by atoms with Crippen molar-refractivity contribution in [2.75, 3.05) is 13.2 Å². The Bertz CT molecular complexity index is 793. The molecule has 0 aromatic heterocycles. The van der Waals surface area contributed by atoms with Crippen LogP contribution in [-0.4, -0.2) is 69.6 Å². The summed E-state index contributed by atoms with van der Waals surface area (Å²) in [6.07, 6.45) is 0.694. The number of esters is 1. The molecule has 3 aliphatic heterocycles. The maximum absolute atomic E-state index is 12.0. The third-order valence-electron chi connectivity index (χ3n) is 8.96. The van der Waals surface area contributed by atoms with E-state index in [9.17, 15) is 20.1 Å². The molecule has 7 nitrogen and oxygen atoms in total. The van der Waals surface area contributed by atoms with Gasteiger partial charge in [0.05, 0.1) is 0 Å². The van der Waals surface area contributed by atoms with Crippen molar-refractivity contribution in [2.45, 2.75) is 74.6 Å². The van der Waals surface area contributed by atoms with Gasteiger partial charge in [0.25, 0.3) is 0 Å². The van der Waals surface area contributed by atoms with Gasteiger partial charge in [-0.15, -0.1) is 0 Å². The van der Waals surface area contributed by atoms with E-state index in [0.29, 0.717) is 32.3 Å². The van der Waals surface area contributed by atoms with Gasteiger partial charge in [0, 0.05) is 23.5 Å². The first-order valence-electron chi connectivity index (χ1n) is 10.0. The van der Waals surface area contributed by atoms with E-state index in [2.05, 4.69) is 6.92 Å². The summed E-state index contributed by atoms with van der Waals surface area (Å²) in [7, 11) is 0. The van der Waals surface area contributed by atoms with Gasteiger partial charge in [-0.3, -0.25) is 0 Å². The molecular formula is C20H26O7. The number of hydrogen-bond acceptors (Lipinski definition) is 7. The number of cyclic esters (lactones) is 1. The maximum Gasteiger partial charge on any atom is 0.334 e. The summed E-state index contributed by atoms with van der Waals surface area (Å²) in [6.45, 7) is 4.20. The quantitative estimate of drug-likeness (QED) is 0.460. The Kier molecular flexibility index (Phi) is 2.88. The van der Waals surface area contributed by atoms with Crippen molar-refractivity contribution in [1.29, 1.82) is 0 Å². The number of hydrogen-bond donors (Lipinski definition) is 3. The van der Waals surface area contributed by atoms with E-state index in [0.717, 1.165) is 11.1 Å². The third-order valence-corrected chi connectivity index (χ3v) is 8.96. The molecule has 6 aliphatic rings. The first kappa shape index (κ1) is 16.9. The van der Waals surface area contributed by atoms with Gasteiger partial charge >= 0.3 is 5.97 Å². The van der Waals surface area contributed by atoms with Crippen LogP contribution in [0.4, 0.5) is 0 Å². The second kappa shape index (κ2) is 4.60. The zero-order valence-corrected chi connectivity index (χ0v) is 15.6. The lowest BCUT2D eigenvalue weighted by Crippen LogP contribution is -2.73. The van der Waals surface area contributed by atoms with E-state index in [1.165, 1.54) is 0 Å². The molecule has 0 bridgehead atoms. The molecule has 0 amide bonds. The van der Waals surface area contributed by atoms with Crippen LogP contribution in [0.1, 0.15) is 39.5 Å². The van der Waals surface area contributed by atoms with E-state index in [-0.39, 0.29) is 42.0 Å². The molecule has 4 fully saturated rings. The largest absolute Gasteiger partial charge is 0.458 e. The minimum Gasteiger partial charge on any atom is -0.458 e. The molecule has 2 saturated carbocycles. The van der Waals surface area contributed by atoms with Crippen LogP contribution in [0.15, 0.2) is 11.1 Å². The van der Waals surface area contributed by atoms with E-state index in [1.54, 1.807) is 0 Å². The summed E-state index contributed by atoms with van der Waals surface area (Å²) < 4.78 is 17.6. The number of fused-ring (bicyclic) bond motifs is 4. The van der Waals surface area contributed by atoms with Gasteiger partial charge in [-0.2, -0.15) is 0 Å². The van der Waals surface area contributed by atoms with E-state index in [1.807, 2.05) is 6.92 Å². The third kappa shape index (κ3) is 1.50. The fourth-order valence-corrected chi connectivity index (χ4v) is 7.42. The normalized spacial score (nSPS) is 58.3. The summed E-state index contributed by atoms with van der Waals surface area (Å²) in [5, 5.41) is 32.8. The highest BCUT2D eigenvalue weighted by molar-refractivity contribution is 5.92.